The molecular formula is C20H24FN3O2. The third-order valence-corrected chi connectivity index (χ3v) is 5.44. The Labute approximate surface area is 152 Å². The quantitative estimate of drug-likeness (QED) is 0.814. The van der Waals surface area contributed by atoms with Gasteiger partial charge < -0.3 is 16.0 Å². The molecule has 1 heterocycles. The van der Waals surface area contributed by atoms with Gasteiger partial charge in [-0.2, -0.15) is 0 Å². The molecule has 3 rings (SSSR count). The largest absolute Gasteiger partial charge is 0.379 e. The molecule has 0 spiro atoms. The molecule has 2 aliphatic rings. The van der Waals surface area contributed by atoms with E-state index in [0.717, 1.165) is 35.1 Å². The second kappa shape index (κ2) is 6.94. The lowest BCUT2D eigenvalue weighted by molar-refractivity contribution is -0.126. The Bertz CT molecular complexity index is 821. The van der Waals surface area contributed by atoms with Crippen LogP contribution in [0.1, 0.15) is 48.2 Å². The number of allylic oxidation sites excluding steroid dienone is 2. The van der Waals surface area contributed by atoms with Gasteiger partial charge in [0.15, 0.2) is 0 Å². The van der Waals surface area contributed by atoms with Gasteiger partial charge in [-0.1, -0.05) is 12.2 Å². The molecule has 0 radical (unpaired) electrons. The minimum absolute atomic E-state index is 0.0654. The normalized spacial score (nSPS) is 17.3. The number of nitrogens with one attached hydrogen (secondary N) is 1. The molecule has 1 aromatic carbocycles. The number of anilines is 1. The zero-order chi connectivity index (χ0) is 19.0. The predicted octanol–water partition coefficient (Wildman–Crippen LogP) is 2.86. The first kappa shape index (κ1) is 18.2. The van der Waals surface area contributed by atoms with Crippen LogP contribution in [-0.2, 0) is 11.2 Å². The van der Waals surface area contributed by atoms with E-state index in [1.54, 1.807) is 4.90 Å². The van der Waals surface area contributed by atoms with Crippen LogP contribution in [0.4, 0.5) is 10.1 Å². The standard InChI is InChI=1S/C20H24FN3O2/c1-4-17(25)24-7-5-13(6-8-24)23-19-16(21)10-15(20(22)26)14-9-11(2)12(3)18(14)19/h4,10,13,23H,1,5-9H2,2-3H3,(H2,22,26). The minimum atomic E-state index is -0.606. The maximum atomic E-state index is 14.8. The highest BCUT2D eigenvalue weighted by atomic mass is 19.1. The van der Waals surface area contributed by atoms with Gasteiger partial charge >= 0.3 is 0 Å². The van der Waals surface area contributed by atoms with E-state index in [-0.39, 0.29) is 17.5 Å². The van der Waals surface area contributed by atoms with Crippen molar-refractivity contribution in [2.24, 2.45) is 5.73 Å². The van der Waals surface area contributed by atoms with Crippen LogP contribution in [0, 0.1) is 5.82 Å². The monoisotopic (exact) mass is 357 g/mol. The molecule has 26 heavy (non-hydrogen) atoms. The predicted molar refractivity (Wildman–Crippen MR) is 100 cm³/mol. The van der Waals surface area contributed by atoms with Gasteiger partial charge in [0.05, 0.1) is 5.69 Å². The first-order valence-corrected chi connectivity index (χ1v) is 8.83. The van der Waals surface area contributed by atoms with Crippen molar-refractivity contribution in [3.63, 3.8) is 0 Å². The van der Waals surface area contributed by atoms with E-state index in [4.69, 9.17) is 5.73 Å². The highest BCUT2D eigenvalue weighted by Gasteiger charge is 2.29. The van der Waals surface area contributed by atoms with Crippen molar-refractivity contribution >= 4 is 23.1 Å². The maximum Gasteiger partial charge on any atom is 0.249 e. The number of amides is 2. The lowest BCUT2D eigenvalue weighted by Gasteiger charge is -2.33. The number of fused-ring (bicyclic) bond motifs is 1. The van der Waals surface area contributed by atoms with Gasteiger partial charge in [-0.3, -0.25) is 9.59 Å². The molecule has 1 aliphatic heterocycles. The van der Waals surface area contributed by atoms with E-state index in [0.29, 0.717) is 25.2 Å². The van der Waals surface area contributed by atoms with E-state index in [1.807, 2.05) is 13.8 Å². The van der Waals surface area contributed by atoms with E-state index in [2.05, 4.69) is 11.9 Å². The molecule has 0 bridgehead atoms. The fraction of sp³-hybridized carbons (Fsp3) is 0.400. The lowest BCUT2D eigenvalue weighted by atomic mass is 9.96. The summed E-state index contributed by atoms with van der Waals surface area (Å²) in [6.07, 6.45) is 3.39. The highest BCUT2D eigenvalue weighted by molar-refractivity contribution is 5.99. The molecule has 1 fully saturated rings. The van der Waals surface area contributed by atoms with Crippen molar-refractivity contribution in [1.82, 2.24) is 4.90 Å². The Balaban J connectivity index is 1.88. The minimum Gasteiger partial charge on any atom is -0.379 e. The van der Waals surface area contributed by atoms with E-state index >= 15 is 0 Å². The second-order valence-electron chi connectivity index (χ2n) is 7.03. The van der Waals surface area contributed by atoms with Crippen molar-refractivity contribution in [3.05, 3.63) is 46.8 Å². The average molecular weight is 357 g/mol. The van der Waals surface area contributed by atoms with Gasteiger partial charge in [-0.25, -0.2) is 4.39 Å². The van der Waals surface area contributed by atoms with Crippen molar-refractivity contribution in [1.29, 1.82) is 0 Å². The molecule has 2 amide bonds. The number of hydrogen-bond acceptors (Lipinski definition) is 3. The van der Waals surface area contributed by atoms with Gasteiger partial charge in [-0.15, -0.1) is 0 Å². The number of piperidine rings is 1. The first-order chi connectivity index (χ1) is 12.3. The molecule has 0 aromatic heterocycles. The molecule has 138 valence electrons. The van der Waals surface area contributed by atoms with Crippen LogP contribution in [0.2, 0.25) is 0 Å². The van der Waals surface area contributed by atoms with Crippen LogP contribution in [0.5, 0.6) is 0 Å². The summed E-state index contributed by atoms with van der Waals surface area (Å²) in [6, 6.07) is 1.31. The summed E-state index contributed by atoms with van der Waals surface area (Å²) in [5.41, 5.74) is 9.81. The van der Waals surface area contributed by atoms with Crippen LogP contribution in [-0.4, -0.2) is 35.8 Å². The molecule has 0 atom stereocenters. The van der Waals surface area contributed by atoms with Gasteiger partial charge in [0.1, 0.15) is 5.82 Å². The Morgan fingerprint density at radius 1 is 1.35 bits per heavy atom. The molecule has 0 saturated carbocycles. The Morgan fingerprint density at radius 2 is 2.00 bits per heavy atom. The fourth-order valence-electron chi connectivity index (χ4n) is 3.84. The lowest BCUT2D eigenvalue weighted by Crippen LogP contribution is -2.41. The summed E-state index contributed by atoms with van der Waals surface area (Å²) in [6.45, 7) is 8.67. The molecule has 6 heteroatoms. The van der Waals surface area contributed by atoms with Crippen molar-refractivity contribution in [2.45, 2.75) is 39.2 Å². The summed E-state index contributed by atoms with van der Waals surface area (Å²) in [5.74, 6) is -1.14. The number of carbonyl (C=O) groups excluding carboxylic acids is 2. The van der Waals surface area contributed by atoms with Crippen molar-refractivity contribution < 1.29 is 14.0 Å². The third kappa shape index (κ3) is 3.11. The molecular weight excluding hydrogens is 333 g/mol. The number of benzene rings is 1. The fourth-order valence-corrected chi connectivity index (χ4v) is 3.84. The average Bonchev–Trinajstić information content (AvgIpc) is 2.92. The summed E-state index contributed by atoms with van der Waals surface area (Å²) >= 11 is 0. The molecule has 1 saturated heterocycles. The summed E-state index contributed by atoms with van der Waals surface area (Å²) in [5, 5.41) is 3.32. The Morgan fingerprint density at radius 3 is 2.58 bits per heavy atom. The SMILES string of the molecule is C=CC(=O)N1CCC(Nc2c(F)cc(C(N)=O)c3c2C(C)=C(C)C3)CC1. The summed E-state index contributed by atoms with van der Waals surface area (Å²) in [4.78, 5) is 25.2. The number of rotatable bonds is 4. The van der Waals surface area contributed by atoms with Crippen LogP contribution >= 0.6 is 0 Å². The molecule has 1 aliphatic carbocycles. The van der Waals surface area contributed by atoms with Crippen LogP contribution < -0.4 is 11.1 Å². The van der Waals surface area contributed by atoms with E-state index < -0.39 is 11.7 Å². The van der Waals surface area contributed by atoms with Gasteiger partial charge in [-0.05, 0) is 56.4 Å². The van der Waals surface area contributed by atoms with Gasteiger partial charge in [0, 0.05) is 30.3 Å². The highest BCUT2D eigenvalue weighted by Crippen LogP contribution is 2.41. The number of hydrogen-bond donors (Lipinski definition) is 2. The van der Waals surface area contributed by atoms with Gasteiger partial charge in [0.25, 0.3) is 0 Å². The second-order valence-corrected chi connectivity index (χ2v) is 7.03. The summed E-state index contributed by atoms with van der Waals surface area (Å²) in [7, 11) is 0. The summed E-state index contributed by atoms with van der Waals surface area (Å²) < 4.78 is 14.8. The number of likely N-dealkylation sites (tertiary alicyclic amines) is 1. The van der Waals surface area contributed by atoms with E-state index in [9.17, 15) is 14.0 Å². The Kier molecular flexibility index (Phi) is 4.85. The maximum absolute atomic E-state index is 14.8. The zero-order valence-corrected chi connectivity index (χ0v) is 15.2. The number of halogens is 1. The van der Waals surface area contributed by atoms with Gasteiger partial charge in [0.2, 0.25) is 11.8 Å². The first-order valence-electron chi connectivity index (χ1n) is 8.83. The van der Waals surface area contributed by atoms with Crippen LogP contribution in [0.3, 0.4) is 0 Å². The smallest absolute Gasteiger partial charge is 0.249 e. The van der Waals surface area contributed by atoms with Crippen LogP contribution in [0.15, 0.2) is 24.3 Å². The number of nitrogens with two attached hydrogens (primary N) is 1. The molecule has 0 unspecified atom stereocenters. The molecule has 5 nitrogen and oxygen atoms in total. The van der Waals surface area contributed by atoms with Crippen molar-refractivity contribution in [3.8, 4) is 0 Å². The van der Waals surface area contributed by atoms with Crippen molar-refractivity contribution in [2.75, 3.05) is 18.4 Å². The van der Waals surface area contributed by atoms with E-state index in [1.165, 1.54) is 12.1 Å². The number of nitrogens with zero attached hydrogens (tertiary/aromatic N) is 1. The number of carbonyl (C=O) groups is 2. The number of primary amides is 1. The topological polar surface area (TPSA) is 75.4 Å². The zero-order valence-electron chi connectivity index (χ0n) is 15.2. The molecule has 3 N–H and O–H groups in total. The van der Waals surface area contributed by atoms with Crippen LogP contribution in [0.25, 0.3) is 5.57 Å². The Hall–Kier alpha value is -2.63. The molecule has 1 aromatic rings. The third-order valence-electron chi connectivity index (χ3n) is 5.44.